The number of fused-ring (bicyclic) bond motifs is 1. The van der Waals surface area contributed by atoms with E-state index in [9.17, 15) is 9.90 Å². The van der Waals surface area contributed by atoms with E-state index in [2.05, 4.69) is 20.7 Å². The fourth-order valence-corrected chi connectivity index (χ4v) is 2.23. The van der Waals surface area contributed by atoms with Crippen LogP contribution in [-0.4, -0.2) is 51.4 Å². The molecule has 0 aliphatic carbocycles. The van der Waals surface area contributed by atoms with Crippen molar-refractivity contribution in [1.82, 2.24) is 25.2 Å². The molecule has 3 N–H and O–H groups in total. The standard InChI is InChI=1S/C12H15N5O2.2ClH/c18-10-7-13-4-8(10)5-15-12(19)9-6-16-17-3-1-2-14-11(9)17;;/h1-3,6,8,10,13,18H,4-5,7H2,(H,15,19);2*1H. The van der Waals surface area contributed by atoms with E-state index < -0.39 is 6.10 Å². The first-order chi connectivity index (χ1) is 9.25. The minimum atomic E-state index is -0.401. The molecule has 0 saturated carbocycles. The zero-order valence-electron chi connectivity index (χ0n) is 11.1. The molecule has 2 aromatic rings. The van der Waals surface area contributed by atoms with E-state index in [1.54, 1.807) is 23.0 Å². The Labute approximate surface area is 134 Å². The minimum Gasteiger partial charge on any atom is -0.391 e. The van der Waals surface area contributed by atoms with E-state index in [-0.39, 0.29) is 36.6 Å². The van der Waals surface area contributed by atoms with Crippen molar-refractivity contribution in [3.8, 4) is 0 Å². The first-order valence-electron chi connectivity index (χ1n) is 6.21. The molecule has 21 heavy (non-hydrogen) atoms. The molecule has 3 rings (SSSR count). The number of nitrogens with zero attached hydrogens (tertiary/aromatic N) is 3. The third-order valence-corrected chi connectivity index (χ3v) is 3.35. The normalized spacial score (nSPS) is 20.6. The minimum absolute atomic E-state index is 0. The van der Waals surface area contributed by atoms with Crippen LogP contribution in [0, 0.1) is 5.92 Å². The average molecular weight is 334 g/mol. The summed E-state index contributed by atoms with van der Waals surface area (Å²) >= 11 is 0. The molecule has 1 fully saturated rings. The number of rotatable bonds is 3. The van der Waals surface area contributed by atoms with Crippen molar-refractivity contribution in [1.29, 1.82) is 0 Å². The van der Waals surface area contributed by atoms with Crippen LogP contribution < -0.4 is 10.6 Å². The maximum Gasteiger partial charge on any atom is 0.256 e. The van der Waals surface area contributed by atoms with Gasteiger partial charge in [-0.25, -0.2) is 9.50 Å². The molecule has 0 radical (unpaired) electrons. The summed E-state index contributed by atoms with van der Waals surface area (Å²) in [5, 5.41) is 19.6. The number of halogens is 2. The number of hydrogen-bond acceptors (Lipinski definition) is 5. The van der Waals surface area contributed by atoms with Crippen LogP contribution in [0.2, 0.25) is 0 Å². The summed E-state index contributed by atoms with van der Waals surface area (Å²) in [7, 11) is 0. The number of carbonyl (C=O) groups excluding carboxylic acids is 1. The number of aromatic nitrogens is 3. The van der Waals surface area contributed by atoms with Gasteiger partial charge >= 0.3 is 0 Å². The Kier molecular flexibility index (Phi) is 6.35. The molecule has 3 heterocycles. The van der Waals surface area contributed by atoms with E-state index in [4.69, 9.17) is 0 Å². The Morgan fingerprint density at radius 1 is 1.48 bits per heavy atom. The zero-order valence-corrected chi connectivity index (χ0v) is 12.7. The SMILES string of the molecule is Cl.Cl.O=C(NCC1CNCC1O)c1cnn2cccnc12. The van der Waals surface area contributed by atoms with Crippen LogP contribution in [0.5, 0.6) is 0 Å². The Balaban J connectivity index is 0.00000110. The van der Waals surface area contributed by atoms with Crippen molar-refractivity contribution in [3.63, 3.8) is 0 Å². The third kappa shape index (κ3) is 3.62. The number of amides is 1. The lowest BCUT2D eigenvalue weighted by molar-refractivity contribution is 0.0928. The second kappa shape index (κ2) is 7.56. The molecule has 2 atom stereocenters. The van der Waals surface area contributed by atoms with Gasteiger partial charge < -0.3 is 15.7 Å². The van der Waals surface area contributed by atoms with Crippen LogP contribution in [0.4, 0.5) is 0 Å². The van der Waals surface area contributed by atoms with Crippen LogP contribution in [0.25, 0.3) is 5.65 Å². The second-order valence-corrected chi connectivity index (χ2v) is 4.64. The maximum atomic E-state index is 12.1. The van der Waals surface area contributed by atoms with Crippen LogP contribution in [0.1, 0.15) is 10.4 Å². The molecule has 0 bridgehead atoms. The van der Waals surface area contributed by atoms with Gasteiger partial charge in [0.15, 0.2) is 5.65 Å². The molecule has 0 spiro atoms. The molecule has 2 unspecified atom stereocenters. The van der Waals surface area contributed by atoms with Crippen LogP contribution in [0.3, 0.4) is 0 Å². The van der Waals surface area contributed by atoms with Gasteiger partial charge in [0.05, 0.1) is 12.3 Å². The molecular formula is C12H17Cl2N5O2. The fourth-order valence-electron chi connectivity index (χ4n) is 2.23. The van der Waals surface area contributed by atoms with Gasteiger partial charge in [0, 0.05) is 37.9 Å². The molecule has 7 nitrogen and oxygen atoms in total. The van der Waals surface area contributed by atoms with Crippen LogP contribution in [-0.2, 0) is 0 Å². The molecule has 1 saturated heterocycles. The van der Waals surface area contributed by atoms with Gasteiger partial charge in [0.2, 0.25) is 0 Å². The molecule has 2 aromatic heterocycles. The zero-order chi connectivity index (χ0) is 13.2. The summed E-state index contributed by atoms with van der Waals surface area (Å²) in [6, 6.07) is 1.75. The van der Waals surface area contributed by atoms with Crippen molar-refractivity contribution >= 4 is 36.4 Å². The highest BCUT2D eigenvalue weighted by molar-refractivity contribution is 5.99. The first kappa shape index (κ1) is 17.6. The van der Waals surface area contributed by atoms with Crippen molar-refractivity contribution in [2.45, 2.75) is 6.10 Å². The number of nitrogens with one attached hydrogen (secondary N) is 2. The van der Waals surface area contributed by atoms with Crippen LogP contribution >= 0.6 is 24.8 Å². The molecule has 1 aliphatic rings. The molecule has 0 aromatic carbocycles. The largest absolute Gasteiger partial charge is 0.391 e. The fraction of sp³-hybridized carbons (Fsp3) is 0.417. The predicted molar refractivity (Wildman–Crippen MR) is 82.2 cm³/mol. The lowest BCUT2D eigenvalue weighted by Gasteiger charge is -2.13. The number of carbonyl (C=O) groups is 1. The Hall–Kier alpha value is -1.41. The smallest absolute Gasteiger partial charge is 0.256 e. The van der Waals surface area contributed by atoms with E-state index >= 15 is 0 Å². The van der Waals surface area contributed by atoms with E-state index in [0.717, 1.165) is 0 Å². The van der Waals surface area contributed by atoms with E-state index in [1.807, 2.05) is 0 Å². The number of β-amino-alcohol motifs (C(OH)–C–C–N with tert-alkyl or cyclic N) is 1. The maximum absolute atomic E-state index is 12.1. The molecule has 116 valence electrons. The average Bonchev–Trinajstić information content (AvgIpc) is 3.02. The summed E-state index contributed by atoms with van der Waals surface area (Å²) in [5.41, 5.74) is 0.978. The predicted octanol–water partition coefficient (Wildman–Crippen LogP) is -0.117. The first-order valence-corrected chi connectivity index (χ1v) is 6.21. The highest BCUT2D eigenvalue weighted by Crippen LogP contribution is 2.09. The van der Waals surface area contributed by atoms with Gasteiger partial charge in [-0.15, -0.1) is 24.8 Å². The van der Waals surface area contributed by atoms with E-state index in [0.29, 0.717) is 30.8 Å². The summed E-state index contributed by atoms with van der Waals surface area (Å²) in [6.07, 6.45) is 4.46. The van der Waals surface area contributed by atoms with Gasteiger partial charge in [-0.2, -0.15) is 5.10 Å². The molecule has 1 aliphatic heterocycles. The van der Waals surface area contributed by atoms with Crippen molar-refractivity contribution in [2.75, 3.05) is 19.6 Å². The summed E-state index contributed by atoms with van der Waals surface area (Å²) < 4.78 is 1.56. The van der Waals surface area contributed by atoms with Gasteiger partial charge in [0.1, 0.15) is 5.56 Å². The van der Waals surface area contributed by atoms with Gasteiger partial charge in [-0.1, -0.05) is 0 Å². The number of aliphatic hydroxyl groups is 1. The van der Waals surface area contributed by atoms with Gasteiger partial charge in [0.25, 0.3) is 5.91 Å². The van der Waals surface area contributed by atoms with Crippen molar-refractivity contribution < 1.29 is 9.90 Å². The van der Waals surface area contributed by atoms with Crippen LogP contribution in [0.15, 0.2) is 24.7 Å². The second-order valence-electron chi connectivity index (χ2n) is 4.64. The number of hydrogen-bond donors (Lipinski definition) is 3. The lowest BCUT2D eigenvalue weighted by Crippen LogP contribution is -2.34. The van der Waals surface area contributed by atoms with Crippen molar-refractivity contribution in [3.05, 3.63) is 30.2 Å². The summed E-state index contributed by atoms with van der Waals surface area (Å²) in [5.74, 6) is -0.161. The quantitative estimate of drug-likeness (QED) is 0.728. The van der Waals surface area contributed by atoms with Crippen molar-refractivity contribution in [2.24, 2.45) is 5.92 Å². The lowest BCUT2D eigenvalue weighted by atomic mass is 10.1. The number of aliphatic hydroxyl groups excluding tert-OH is 1. The molecule has 9 heteroatoms. The highest BCUT2D eigenvalue weighted by Gasteiger charge is 2.25. The summed E-state index contributed by atoms with van der Waals surface area (Å²) in [6.45, 7) is 1.74. The monoisotopic (exact) mass is 333 g/mol. The Bertz CT molecular complexity index is 606. The molecular weight excluding hydrogens is 317 g/mol. The van der Waals surface area contributed by atoms with Gasteiger partial charge in [-0.05, 0) is 6.07 Å². The molecule has 1 amide bonds. The Morgan fingerprint density at radius 3 is 3.00 bits per heavy atom. The van der Waals surface area contributed by atoms with E-state index in [1.165, 1.54) is 6.20 Å². The van der Waals surface area contributed by atoms with Gasteiger partial charge in [-0.3, -0.25) is 4.79 Å². The third-order valence-electron chi connectivity index (χ3n) is 3.35. The summed E-state index contributed by atoms with van der Waals surface area (Å²) in [4.78, 5) is 16.2. The highest BCUT2D eigenvalue weighted by atomic mass is 35.5. The Morgan fingerprint density at radius 2 is 2.29 bits per heavy atom. The topological polar surface area (TPSA) is 91.5 Å².